The number of alkyl halides is 3. The van der Waals surface area contributed by atoms with Crippen LogP contribution in [0.2, 0.25) is 0 Å². The molecule has 0 saturated heterocycles. The number of primary amides is 1. The summed E-state index contributed by atoms with van der Waals surface area (Å²) < 4.78 is 43.5. The number of ether oxygens (including phenoxy) is 1. The van der Waals surface area contributed by atoms with Gasteiger partial charge in [0.2, 0.25) is 0 Å². The van der Waals surface area contributed by atoms with Gasteiger partial charge in [-0.25, -0.2) is 4.79 Å². The summed E-state index contributed by atoms with van der Waals surface area (Å²) in [5.74, 6) is -0.835. The standard InChI is InChI=1S/C15H16F3N3O5/c16-15(17,18)9-5-8(6-11(7-9)21(24)25)13(22)20-10-1-3-12(4-2-10)26-14(19)23/h5-7,10,12H,1-4H2,(H2,19,23)(H,20,22). The maximum atomic E-state index is 12.9. The Kier molecular flexibility index (Phi) is 5.68. The number of amides is 2. The number of nitro groups is 1. The lowest BCUT2D eigenvalue weighted by atomic mass is 9.92. The van der Waals surface area contributed by atoms with Crippen LogP contribution in [0.5, 0.6) is 0 Å². The van der Waals surface area contributed by atoms with E-state index in [1.807, 2.05) is 0 Å². The third kappa shape index (κ3) is 5.07. The molecule has 2 rings (SSSR count). The van der Waals surface area contributed by atoms with Crippen molar-refractivity contribution in [2.24, 2.45) is 5.73 Å². The van der Waals surface area contributed by atoms with E-state index in [1.54, 1.807) is 0 Å². The predicted octanol–water partition coefficient (Wildman–Crippen LogP) is 2.75. The molecule has 8 nitrogen and oxygen atoms in total. The van der Waals surface area contributed by atoms with Crippen molar-refractivity contribution in [1.29, 1.82) is 0 Å². The fourth-order valence-electron chi connectivity index (χ4n) is 2.77. The average molecular weight is 375 g/mol. The lowest BCUT2D eigenvalue weighted by Crippen LogP contribution is -2.40. The van der Waals surface area contributed by atoms with Crippen molar-refractivity contribution in [2.45, 2.75) is 44.0 Å². The molecular weight excluding hydrogens is 359 g/mol. The van der Waals surface area contributed by atoms with Gasteiger partial charge in [0.05, 0.1) is 10.5 Å². The van der Waals surface area contributed by atoms with E-state index in [9.17, 15) is 32.9 Å². The van der Waals surface area contributed by atoms with Crippen molar-refractivity contribution in [3.63, 3.8) is 0 Å². The Balaban J connectivity index is 2.09. The number of nitrogens with two attached hydrogens (primary N) is 1. The molecule has 2 amide bonds. The number of nitrogens with one attached hydrogen (secondary N) is 1. The maximum Gasteiger partial charge on any atom is 0.416 e. The number of rotatable bonds is 4. The summed E-state index contributed by atoms with van der Waals surface area (Å²) in [6.45, 7) is 0. The molecular formula is C15H16F3N3O5. The smallest absolute Gasteiger partial charge is 0.416 e. The molecule has 0 unspecified atom stereocenters. The van der Waals surface area contributed by atoms with Crippen LogP contribution in [-0.4, -0.2) is 29.1 Å². The van der Waals surface area contributed by atoms with Crippen LogP contribution in [0, 0.1) is 10.1 Å². The number of carbonyl (C=O) groups excluding carboxylic acids is 2. The molecule has 1 fully saturated rings. The molecule has 3 N–H and O–H groups in total. The van der Waals surface area contributed by atoms with E-state index in [-0.39, 0.29) is 12.1 Å². The number of hydrogen-bond donors (Lipinski definition) is 2. The van der Waals surface area contributed by atoms with Crippen molar-refractivity contribution < 1.29 is 32.4 Å². The van der Waals surface area contributed by atoms with Gasteiger partial charge in [-0.15, -0.1) is 0 Å². The van der Waals surface area contributed by atoms with E-state index in [4.69, 9.17) is 10.5 Å². The third-order valence-corrected chi connectivity index (χ3v) is 4.01. The Bertz CT molecular complexity index is 715. The molecule has 1 aromatic rings. The molecule has 11 heteroatoms. The quantitative estimate of drug-likeness (QED) is 0.618. The van der Waals surface area contributed by atoms with Gasteiger partial charge in [0.25, 0.3) is 11.6 Å². The van der Waals surface area contributed by atoms with Gasteiger partial charge in [0.1, 0.15) is 6.10 Å². The van der Waals surface area contributed by atoms with Gasteiger partial charge >= 0.3 is 12.3 Å². The molecule has 1 aliphatic rings. The summed E-state index contributed by atoms with van der Waals surface area (Å²) >= 11 is 0. The first-order valence-corrected chi connectivity index (χ1v) is 7.70. The minimum absolute atomic E-state index is 0.344. The summed E-state index contributed by atoms with van der Waals surface area (Å²) in [6.07, 6.45) is -4.32. The van der Waals surface area contributed by atoms with E-state index in [0.29, 0.717) is 37.8 Å². The molecule has 1 aromatic carbocycles. The molecule has 26 heavy (non-hydrogen) atoms. The maximum absolute atomic E-state index is 12.9. The molecule has 0 spiro atoms. The molecule has 1 saturated carbocycles. The monoisotopic (exact) mass is 375 g/mol. The van der Waals surface area contributed by atoms with Crippen LogP contribution in [-0.2, 0) is 10.9 Å². The van der Waals surface area contributed by atoms with E-state index in [1.165, 1.54) is 0 Å². The number of nitro benzene ring substituents is 1. The van der Waals surface area contributed by atoms with Gasteiger partial charge < -0.3 is 15.8 Å². The topological polar surface area (TPSA) is 125 Å². The molecule has 142 valence electrons. The van der Waals surface area contributed by atoms with Crippen molar-refractivity contribution in [1.82, 2.24) is 5.32 Å². The summed E-state index contributed by atoms with van der Waals surface area (Å²) in [7, 11) is 0. The first-order chi connectivity index (χ1) is 12.1. The SMILES string of the molecule is NC(=O)OC1CCC(NC(=O)c2cc([N+](=O)[O-])cc(C(F)(F)F)c2)CC1. The average Bonchev–Trinajstić information content (AvgIpc) is 2.55. The van der Waals surface area contributed by atoms with Crippen LogP contribution in [0.4, 0.5) is 23.7 Å². The number of benzene rings is 1. The first-order valence-electron chi connectivity index (χ1n) is 7.70. The van der Waals surface area contributed by atoms with Crippen molar-refractivity contribution in [3.8, 4) is 0 Å². The van der Waals surface area contributed by atoms with Gasteiger partial charge in [-0.1, -0.05) is 0 Å². The number of carbonyl (C=O) groups is 2. The molecule has 0 aliphatic heterocycles. The number of halogens is 3. The Morgan fingerprint density at radius 1 is 1.19 bits per heavy atom. The molecule has 1 aliphatic carbocycles. The lowest BCUT2D eigenvalue weighted by molar-refractivity contribution is -0.385. The second-order valence-corrected chi connectivity index (χ2v) is 5.91. The second kappa shape index (κ2) is 7.58. The zero-order valence-electron chi connectivity index (χ0n) is 13.4. The Hall–Kier alpha value is -2.85. The molecule has 0 aromatic heterocycles. The Morgan fingerprint density at radius 2 is 1.81 bits per heavy atom. The van der Waals surface area contributed by atoms with E-state index < -0.39 is 39.9 Å². The van der Waals surface area contributed by atoms with Crippen molar-refractivity contribution in [3.05, 3.63) is 39.4 Å². The van der Waals surface area contributed by atoms with Gasteiger partial charge in [0, 0.05) is 23.7 Å². The first kappa shape index (κ1) is 19.5. The third-order valence-electron chi connectivity index (χ3n) is 4.01. The van der Waals surface area contributed by atoms with E-state index in [0.717, 1.165) is 6.07 Å². The van der Waals surface area contributed by atoms with Crippen LogP contribution >= 0.6 is 0 Å². The van der Waals surface area contributed by atoms with Crippen molar-refractivity contribution >= 4 is 17.7 Å². The van der Waals surface area contributed by atoms with Gasteiger partial charge in [-0.2, -0.15) is 13.2 Å². The fraction of sp³-hybridized carbons (Fsp3) is 0.467. The minimum atomic E-state index is -4.81. The Morgan fingerprint density at radius 3 is 2.31 bits per heavy atom. The minimum Gasteiger partial charge on any atom is -0.446 e. The van der Waals surface area contributed by atoms with Crippen LogP contribution in [0.15, 0.2) is 18.2 Å². The van der Waals surface area contributed by atoms with Crippen LogP contribution in [0.1, 0.15) is 41.6 Å². The van der Waals surface area contributed by atoms with E-state index in [2.05, 4.69) is 5.32 Å². The highest BCUT2D eigenvalue weighted by molar-refractivity contribution is 5.95. The predicted molar refractivity (Wildman–Crippen MR) is 82.3 cm³/mol. The number of nitrogens with zero attached hydrogens (tertiary/aromatic N) is 1. The summed E-state index contributed by atoms with van der Waals surface area (Å²) in [6, 6.07) is 1.41. The zero-order valence-corrected chi connectivity index (χ0v) is 13.4. The van der Waals surface area contributed by atoms with Gasteiger partial charge in [-0.05, 0) is 31.7 Å². The van der Waals surface area contributed by atoms with Crippen LogP contribution in [0.3, 0.4) is 0 Å². The number of hydrogen-bond acceptors (Lipinski definition) is 5. The normalized spacial score (nSPS) is 20.3. The highest BCUT2D eigenvalue weighted by Gasteiger charge is 2.34. The summed E-state index contributed by atoms with van der Waals surface area (Å²) in [4.78, 5) is 32.8. The lowest BCUT2D eigenvalue weighted by Gasteiger charge is -2.28. The number of non-ortho nitro benzene ring substituents is 1. The Labute approximate surface area is 145 Å². The van der Waals surface area contributed by atoms with Crippen LogP contribution < -0.4 is 11.1 Å². The van der Waals surface area contributed by atoms with Crippen LogP contribution in [0.25, 0.3) is 0 Å². The zero-order chi connectivity index (χ0) is 19.5. The summed E-state index contributed by atoms with van der Waals surface area (Å²) in [5.41, 5.74) is 2.40. The molecule has 0 atom stereocenters. The highest BCUT2D eigenvalue weighted by Crippen LogP contribution is 2.32. The largest absolute Gasteiger partial charge is 0.446 e. The van der Waals surface area contributed by atoms with Crippen molar-refractivity contribution in [2.75, 3.05) is 0 Å². The van der Waals surface area contributed by atoms with E-state index >= 15 is 0 Å². The fourth-order valence-corrected chi connectivity index (χ4v) is 2.77. The van der Waals surface area contributed by atoms with Gasteiger partial charge in [0.15, 0.2) is 0 Å². The molecule has 0 radical (unpaired) electrons. The molecule has 0 bridgehead atoms. The molecule has 0 heterocycles. The summed E-state index contributed by atoms with van der Waals surface area (Å²) in [5, 5.41) is 13.4. The second-order valence-electron chi connectivity index (χ2n) is 5.91. The highest BCUT2D eigenvalue weighted by atomic mass is 19.4. The van der Waals surface area contributed by atoms with Gasteiger partial charge in [-0.3, -0.25) is 14.9 Å².